The molecule has 1 heterocycles. The Morgan fingerprint density at radius 1 is 1.37 bits per heavy atom. The van der Waals surface area contributed by atoms with Crippen LogP contribution in [0.5, 0.6) is 0 Å². The highest BCUT2D eigenvalue weighted by molar-refractivity contribution is 7.17. The van der Waals surface area contributed by atoms with E-state index in [1.807, 2.05) is 36.6 Å². The van der Waals surface area contributed by atoms with Gasteiger partial charge in [-0.2, -0.15) is 0 Å². The first-order valence-corrected chi connectivity index (χ1v) is 6.95. The number of thiophene rings is 1. The lowest BCUT2D eigenvalue weighted by molar-refractivity contribution is -0.137. The van der Waals surface area contributed by atoms with E-state index in [2.05, 4.69) is 5.32 Å². The van der Waals surface area contributed by atoms with Gasteiger partial charge in [0.05, 0.1) is 5.56 Å². The predicted octanol–water partition coefficient (Wildman–Crippen LogP) is 2.88. The molecule has 0 spiro atoms. The van der Waals surface area contributed by atoms with Crippen molar-refractivity contribution in [1.29, 1.82) is 0 Å². The first kappa shape index (κ1) is 13.5. The number of rotatable bonds is 5. The fourth-order valence-electron chi connectivity index (χ4n) is 1.87. The van der Waals surface area contributed by atoms with Crippen LogP contribution in [0, 0.1) is 0 Å². The summed E-state index contributed by atoms with van der Waals surface area (Å²) in [5.41, 5.74) is 0.655. The smallest absolute Gasteiger partial charge is 0.303 e. The molecule has 5 heteroatoms. The van der Waals surface area contributed by atoms with Crippen LogP contribution in [0.3, 0.4) is 0 Å². The van der Waals surface area contributed by atoms with Crippen molar-refractivity contribution in [3.63, 3.8) is 0 Å². The number of carboxylic acid groups (broad SMARTS) is 1. The molecular formula is C14H15NO3S. The Bertz CT molecular complexity index is 606. The topological polar surface area (TPSA) is 66.4 Å². The Balaban J connectivity index is 2.05. The highest BCUT2D eigenvalue weighted by atomic mass is 32.1. The molecule has 1 amide bonds. The van der Waals surface area contributed by atoms with Gasteiger partial charge in [0.15, 0.2) is 0 Å². The van der Waals surface area contributed by atoms with Crippen molar-refractivity contribution in [2.75, 3.05) is 0 Å². The highest BCUT2D eigenvalue weighted by Crippen LogP contribution is 2.25. The number of hydrogen-bond acceptors (Lipinski definition) is 3. The van der Waals surface area contributed by atoms with E-state index in [9.17, 15) is 9.59 Å². The normalized spacial score (nSPS) is 12.3. The Hall–Kier alpha value is -1.88. The van der Waals surface area contributed by atoms with E-state index in [1.165, 1.54) is 11.3 Å². The van der Waals surface area contributed by atoms with Crippen molar-refractivity contribution >= 4 is 33.3 Å². The SMILES string of the molecule is CC(CCC(=O)O)NC(=O)c1csc2ccccc12. The monoisotopic (exact) mass is 277 g/mol. The van der Waals surface area contributed by atoms with Gasteiger partial charge in [0, 0.05) is 27.9 Å². The molecule has 1 aromatic heterocycles. The van der Waals surface area contributed by atoms with E-state index in [1.54, 1.807) is 0 Å². The number of carboxylic acids is 1. The molecule has 0 aliphatic heterocycles. The maximum atomic E-state index is 12.1. The number of carbonyl (C=O) groups excluding carboxylic acids is 1. The highest BCUT2D eigenvalue weighted by Gasteiger charge is 2.14. The Labute approximate surface area is 115 Å². The molecule has 0 saturated carbocycles. The standard InChI is InChI=1S/C14H15NO3S/c1-9(6-7-13(16)17)15-14(18)11-8-19-12-5-3-2-4-10(11)12/h2-5,8-9H,6-7H2,1H3,(H,15,18)(H,16,17). The van der Waals surface area contributed by atoms with E-state index in [0.717, 1.165) is 10.1 Å². The second-order valence-electron chi connectivity index (χ2n) is 4.45. The molecule has 0 aliphatic carbocycles. The molecule has 0 aliphatic rings. The van der Waals surface area contributed by atoms with E-state index >= 15 is 0 Å². The van der Waals surface area contributed by atoms with Gasteiger partial charge >= 0.3 is 5.97 Å². The number of fused-ring (bicyclic) bond motifs is 1. The molecule has 2 N–H and O–H groups in total. The molecule has 2 rings (SSSR count). The molecule has 0 bridgehead atoms. The first-order chi connectivity index (χ1) is 9.08. The largest absolute Gasteiger partial charge is 0.481 e. The Morgan fingerprint density at radius 2 is 2.11 bits per heavy atom. The van der Waals surface area contributed by atoms with Gasteiger partial charge in [-0.25, -0.2) is 0 Å². The lowest BCUT2D eigenvalue weighted by Gasteiger charge is -2.12. The van der Waals surface area contributed by atoms with Crippen LogP contribution in [0.25, 0.3) is 10.1 Å². The third kappa shape index (κ3) is 3.32. The lowest BCUT2D eigenvalue weighted by atomic mass is 10.1. The van der Waals surface area contributed by atoms with Crippen LogP contribution in [-0.2, 0) is 4.79 Å². The number of hydrogen-bond donors (Lipinski definition) is 2. The van der Waals surface area contributed by atoms with E-state index in [-0.39, 0.29) is 18.4 Å². The van der Waals surface area contributed by atoms with E-state index in [0.29, 0.717) is 12.0 Å². The van der Waals surface area contributed by atoms with Gasteiger partial charge in [-0.05, 0) is 19.4 Å². The second-order valence-corrected chi connectivity index (χ2v) is 5.36. The average Bonchev–Trinajstić information content (AvgIpc) is 2.80. The van der Waals surface area contributed by atoms with Gasteiger partial charge in [-0.3, -0.25) is 9.59 Å². The summed E-state index contributed by atoms with van der Waals surface area (Å²) in [6.45, 7) is 1.81. The molecule has 0 fully saturated rings. The molecule has 1 unspecified atom stereocenters. The van der Waals surface area contributed by atoms with Crippen LogP contribution in [0.4, 0.5) is 0 Å². The first-order valence-electron chi connectivity index (χ1n) is 6.07. The molecule has 100 valence electrons. The third-order valence-electron chi connectivity index (χ3n) is 2.89. The molecule has 2 aromatic rings. The fraction of sp³-hybridized carbons (Fsp3) is 0.286. The molecule has 4 nitrogen and oxygen atoms in total. The van der Waals surface area contributed by atoms with Gasteiger partial charge < -0.3 is 10.4 Å². The van der Waals surface area contributed by atoms with Gasteiger partial charge in [-0.15, -0.1) is 11.3 Å². The summed E-state index contributed by atoms with van der Waals surface area (Å²) in [6.07, 6.45) is 0.495. The van der Waals surface area contributed by atoms with Crippen LogP contribution >= 0.6 is 11.3 Å². The molecule has 1 aromatic carbocycles. The third-order valence-corrected chi connectivity index (χ3v) is 3.86. The van der Waals surface area contributed by atoms with Crippen molar-refractivity contribution < 1.29 is 14.7 Å². The zero-order chi connectivity index (χ0) is 13.8. The number of carbonyl (C=O) groups is 2. The van der Waals surface area contributed by atoms with Gasteiger partial charge in [-0.1, -0.05) is 18.2 Å². The van der Waals surface area contributed by atoms with Gasteiger partial charge in [0.1, 0.15) is 0 Å². The molecular weight excluding hydrogens is 262 g/mol. The number of nitrogens with one attached hydrogen (secondary N) is 1. The summed E-state index contributed by atoms with van der Waals surface area (Å²) in [5.74, 6) is -0.988. The van der Waals surface area contributed by atoms with Crippen LogP contribution in [0.1, 0.15) is 30.1 Å². The summed E-state index contributed by atoms with van der Waals surface area (Å²) in [4.78, 5) is 22.6. The van der Waals surface area contributed by atoms with Crippen molar-refractivity contribution in [2.24, 2.45) is 0 Å². The molecule has 1 atom stereocenters. The maximum absolute atomic E-state index is 12.1. The van der Waals surface area contributed by atoms with E-state index < -0.39 is 5.97 Å². The maximum Gasteiger partial charge on any atom is 0.303 e. The van der Waals surface area contributed by atoms with Crippen molar-refractivity contribution in [3.05, 3.63) is 35.2 Å². The van der Waals surface area contributed by atoms with Crippen LogP contribution in [-0.4, -0.2) is 23.0 Å². The average molecular weight is 277 g/mol. The van der Waals surface area contributed by atoms with Crippen LogP contribution in [0.15, 0.2) is 29.6 Å². The van der Waals surface area contributed by atoms with Crippen LogP contribution in [0.2, 0.25) is 0 Å². The quantitative estimate of drug-likeness (QED) is 0.883. The minimum atomic E-state index is -0.845. The molecule has 0 radical (unpaired) electrons. The number of benzene rings is 1. The van der Waals surface area contributed by atoms with E-state index in [4.69, 9.17) is 5.11 Å². The summed E-state index contributed by atoms with van der Waals surface area (Å²) < 4.78 is 1.07. The minimum Gasteiger partial charge on any atom is -0.481 e. The van der Waals surface area contributed by atoms with Crippen molar-refractivity contribution in [1.82, 2.24) is 5.32 Å². The summed E-state index contributed by atoms with van der Waals surface area (Å²) in [7, 11) is 0. The Kier molecular flexibility index (Phi) is 4.16. The number of aliphatic carboxylic acids is 1. The zero-order valence-corrected chi connectivity index (χ0v) is 11.4. The van der Waals surface area contributed by atoms with Gasteiger partial charge in [0.2, 0.25) is 0 Å². The summed E-state index contributed by atoms with van der Waals surface area (Å²) in [5, 5.41) is 14.2. The summed E-state index contributed by atoms with van der Waals surface area (Å²) >= 11 is 1.53. The zero-order valence-electron chi connectivity index (χ0n) is 10.6. The Morgan fingerprint density at radius 3 is 2.84 bits per heavy atom. The number of amides is 1. The predicted molar refractivity (Wildman–Crippen MR) is 75.6 cm³/mol. The lowest BCUT2D eigenvalue weighted by Crippen LogP contribution is -2.32. The second kappa shape index (κ2) is 5.84. The van der Waals surface area contributed by atoms with Gasteiger partial charge in [0.25, 0.3) is 5.91 Å². The fourth-order valence-corrected chi connectivity index (χ4v) is 2.81. The molecule has 19 heavy (non-hydrogen) atoms. The van der Waals surface area contributed by atoms with Crippen molar-refractivity contribution in [3.8, 4) is 0 Å². The summed E-state index contributed by atoms with van der Waals surface area (Å²) in [6, 6.07) is 7.59. The molecule has 0 saturated heterocycles. The van der Waals surface area contributed by atoms with Crippen molar-refractivity contribution in [2.45, 2.75) is 25.8 Å². The van der Waals surface area contributed by atoms with Crippen LogP contribution < -0.4 is 5.32 Å². The minimum absolute atomic E-state index is 0.0613.